The molecule has 1 amide bonds. The molecule has 46 heavy (non-hydrogen) atoms. The number of ether oxygens (including phenoxy) is 4. The number of alkyl halides is 3. The third-order valence-electron chi connectivity index (χ3n) is 7.81. The number of aromatic nitrogens is 2. The molecule has 3 aromatic carbocycles. The Morgan fingerprint density at radius 1 is 0.848 bits per heavy atom. The molecule has 0 spiro atoms. The number of rotatable bonds is 11. The van der Waals surface area contributed by atoms with E-state index in [0.717, 1.165) is 31.5 Å². The van der Waals surface area contributed by atoms with Gasteiger partial charge in [-0.1, -0.05) is 0 Å². The summed E-state index contributed by atoms with van der Waals surface area (Å²) in [6, 6.07) is 13.1. The van der Waals surface area contributed by atoms with Crippen molar-refractivity contribution in [3.63, 3.8) is 0 Å². The lowest BCUT2D eigenvalue weighted by Crippen LogP contribution is -2.35. The monoisotopic (exact) mass is 636 g/mol. The van der Waals surface area contributed by atoms with Crippen molar-refractivity contribution < 1.29 is 41.3 Å². The lowest BCUT2D eigenvalue weighted by Gasteiger charge is -2.20. The molecule has 3 heterocycles. The number of carbonyl (C=O) groups excluding carboxylic acids is 1. The number of aliphatic imine (C=N–C) groups is 1. The third kappa shape index (κ3) is 6.49. The van der Waals surface area contributed by atoms with E-state index in [2.05, 4.69) is 15.2 Å². The smallest absolute Gasteiger partial charge is 0.416 e. The van der Waals surface area contributed by atoms with Crippen LogP contribution in [0.5, 0.6) is 23.0 Å². The molecular formula is C33H31F3N4O6. The summed E-state index contributed by atoms with van der Waals surface area (Å²) < 4.78 is 67.4. The number of hydrogen-bond donors (Lipinski definition) is 0. The largest absolute Gasteiger partial charge is 0.493 e. The molecule has 0 saturated carbocycles. The predicted octanol–water partition coefficient (Wildman–Crippen LogP) is 7.00. The van der Waals surface area contributed by atoms with Crippen LogP contribution in [-0.4, -0.2) is 67.2 Å². The third-order valence-corrected chi connectivity index (χ3v) is 7.81. The predicted molar refractivity (Wildman–Crippen MR) is 162 cm³/mol. The van der Waals surface area contributed by atoms with E-state index < -0.39 is 11.7 Å². The number of nitrogens with zero attached hydrogens (tertiary/aromatic N) is 4. The van der Waals surface area contributed by atoms with Crippen molar-refractivity contribution in [3.05, 3.63) is 65.7 Å². The molecule has 10 nitrogen and oxygen atoms in total. The van der Waals surface area contributed by atoms with Crippen molar-refractivity contribution in [1.29, 1.82) is 0 Å². The molecule has 4 aromatic rings. The van der Waals surface area contributed by atoms with Crippen LogP contribution in [0.3, 0.4) is 0 Å². The lowest BCUT2D eigenvalue weighted by atomic mass is 10.1. The van der Waals surface area contributed by atoms with Crippen molar-refractivity contribution in [2.75, 3.05) is 34.0 Å². The van der Waals surface area contributed by atoms with Gasteiger partial charge in [-0.3, -0.25) is 9.79 Å². The molecule has 0 unspecified atom stereocenters. The highest BCUT2D eigenvalue weighted by atomic mass is 19.4. The molecule has 0 bridgehead atoms. The van der Waals surface area contributed by atoms with Gasteiger partial charge < -0.3 is 28.3 Å². The van der Waals surface area contributed by atoms with Gasteiger partial charge >= 0.3 is 6.18 Å². The molecule has 0 aliphatic carbocycles. The number of fused-ring (bicyclic) bond motifs is 2. The van der Waals surface area contributed by atoms with Crippen LogP contribution in [0, 0.1) is 0 Å². The lowest BCUT2D eigenvalue weighted by molar-refractivity contribution is -0.137. The quantitative estimate of drug-likeness (QED) is 0.162. The SMILES string of the molecule is COc1ccc(-c2nnc(-c3ccc(C(F)(F)F)cc3)o2)cc1OCCCCOc1cc2c(cc1OC)C(=O)N1CCC[C@H]1C=N2. The Kier molecular flexibility index (Phi) is 8.82. The molecule has 2 aliphatic heterocycles. The first-order valence-electron chi connectivity index (χ1n) is 14.8. The van der Waals surface area contributed by atoms with Crippen molar-refractivity contribution in [1.82, 2.24) is 15.1 Å². The first kappa shape index (κ1) is 30.9. The Labute approximate surface area is 262 Å². The van der Waals surface area contributed by atoms with E-state index in [1.165, 1.54) is 26.4 Å². The fraction of sp³-hybridized carbons (Fsp3) is 0.333. The number of methoxy groups -OCH3 is 2. The Hall–Kier alpha value is -5.07. The second kappa shape index (κ2) is 13.1. The molecule has 13 heteroatoms. The maximum atomic E-state index is 13.1. The van der Waals surface area contributed by atoms with Gasteiger partial charge in [-0.05, 0) is 74.2 Å². The average Bonchev–Trinajstić information content (AvgIpc) is 3.73. The number of amides is 1. The van der Waals surface area contributed by atoms with Crippen LogP contribution in [0.4, 0.5) is 18.9 Å². The van der Waals surface area contributed by atoms with Crippen LogP contribution in [0.15, 0.2) is 64.0 Å². The minimum Gasteiger partial charge on any atom is -0.493 e. The number of halogens is 3. The van der Waals surface area contributed by atoms with Gasteiger partial charge in [0, 0.05) is 30.0 Å². The van der Waals surface area contributed by atoms with Gasteiger partial charge in [0.25, 0.3) is 5.91 Å². The fourth-order valence-corrected chi connectivity index (χ4v) is 5.37. The summed E-state index contributed by atoms with van der Waals surface area (Å²) in [6.45, 7) is 1.47. The van der Waals surface area contributed by atoms with Gasteiger partial charge in [-0.25, -0.2) is 0 Å². The van der Waals surface area contributed by atoms with Gasteiger partial charge in [0.05, 0.1) is 50.3 Å². The minimum atomic E-state index is -4.43. The zero-order valence-corrected chi connectivity index (χ0v) is 25.2. The summed E-state index contributed by atoms with van der Waals surface area (Å²) in [4.78, 5) is 19.5. The van der Waals surface area contributed by atoms with Crippen molar-refractivity contribution in [2.24, 2.45) is 4.99 Å². The van der Waals surface area contributed by atoms with Crippen molar-refractivity contribution in [2.45, 2.75) is 37.9 Å². The minimum absolute atomic E-state index is 0.0202. The first-order valence-corrected chi connectivity index (χ1v) is 14.8. The molecule has 1 saturated heterocycles. The van der Waals surface area contributed by atoms with Crippen molar-refractivity contribution >= 4 is 17.8 Å². The van der Waals surface area contributed by atoms with Crippen LogP contribution in [0.2, 0.25) is 0 Å². The summed E-state index contributed by atoms with van der Waals surface area (Å²) in [7, 11) is 3.07. The second-order valence-electron chi connectivity index (χ2n) is 10.8. The van der Waals surface area contributed by atoms with Crippen LogP contribution in [0.25, 0.3) is 22.9 Å². The zero-order chi connectivity index (χ0) is 32.3. The molecule has 0 radical (unpaired) electrons. The molecule has 240 valence electrons. The second-order valence-corrected chi connectivity index (χ2v) is 10.8. The maximum absolute atomic E-state index is 13.1. The van der Waals surface area contributed by atoms with E-state index >= 15 is 0 Å². The fourth-order valence-electron chi connectivity index (χ4n) is 5.37. The number of benzene rings is 3. The Morgan fingerprint density at radius 2 is 1.50 bits per heavy atom. The number of unbranched alkanes of at least 4 members (excludes halogenated alkanes) is 1. The topological polar surface area (TPSA) is 109 Å². The summed E-state index contributed by atoms with van der Waals surface area (Å²) >= 11 is 0. The average molecular weight is 637 g/mol. The highest BCUT2D eigenvalue weighted by Gasteiger charge is 2.33. The Bertz CT molecular complexity index is 1740. The highest BCUT2D eigenvalue weighted by molar-refractivity contribution is 6.03. The molecule has 0 N–H and O–H groups in total. The van der Waals surface area contributed by atoms with E-state index in [0.29, 0.717) is 71.4 Å². The van der Waals surface area contributed by atoms with Crippen molar-refractivity contribution in [3.8, 4) is 45.9 Å². The van der Waals surface area contributed by atoms with Crippen LogP contribution < -0.4 is 18.9 Å². The van der Waals surface area contributed by atoms with Gasteiger partial charge in [0.15, 0.2) is 23.0 Å². The number of hydrogen-bond acceptors (Lipinski definition) is 9. The molecule has 1 aromatic heterocycles. The van der Waals surface area contributed by atoms with Gasteiger partial charge in [-0.15, -0.1) is 10.2 Å². The summed E-state index contributed by atoms with van der Waals surface area (Å²) in [5, 5.41) is 8.04. The van der Waals surface area contributed by atoms with Gasteiger partial charge in [0.1, 0.15) is 0 Å². The molecule has 6 rings (SSSR count). The maximum Gasteiger partial charge on any atom is 0.416 e. The molecule has 2 aliphatic rings. The first-order chi connectivity index (χ1) is 22.2. The van der Waals surface area contributed by atoms with Crippen LogP contribution in [0.1, 0.15) is 41.6 Å². The normalized spacial score (nSPS) is 15.7. The van der Waals surface area contributed by atoms with Gasteiger partial charge in [-0.2, -0.15) is 13.2 Å². The van der Waals surface area contributed by atoms with E-state index in [9.17, 15) is 18.0 Å². The van der Waals surface area contributed by atoms with E-state index in [1.807, 2.05) is 11.1 Å². The highest BCUT2D eigenvalue weighted by Crippen LogP contribution is 2.38. The zero-order valence-electron chi connectivity index (χ0n) is 25.2. The summed E-state index contributed by atoms with van der Waals surface area (Å²) in [5.74, 6) is 2.18. The van der Waals surface area contributed by atoms with Gasteiger partial charge in [0.2, 0.25) is 11.8 Å². The summed E-state index contributed by atoms with van der Waals surface area (Å²) in [6.07, 6.45) is 0.602. The standard InChI is InChI=1S/C33H31F3N4O6/c1-42-26-12-9-21(31-39-38-30(46-31)20-7-10-22(11-8-20)33(34,35)36)16-28(26)44-14-3-4-15-45-29-18-25-24(17-27(29)43-2)32(41)40-13-5-6-23(40)19-37-25/h7-12,16-19,23H,3-6,13-15H2,1-2H3/t23-/m0/s1. The Morgan fingerprint density at radius 3 is 2.17 bits per heavy atom. The van der Waals surface area contributed by atoms with E-state index in [-0.39, 0.29) is 23.7 Å². The number of carbonyl (C=O) groups is 1. The van der Waals surface area contributed by atoms with E-state index in [4.69, 9.17) is 23.4 Å². The molecule has 1 atom stereocenters. The molecular weight excluding hydrogens is 605 g/mol. The Balaban J connectivity index is 1.05. The molecule has 1 fully saturated rings. The van der Waals surface area contributed by atoms with Crippen LogP contribution >= 0.6 is 0 Å². The van der Waals surface area contributed by atoms with Crippen LogP contribution in [-0.2, 0) is 6.18 Å². The van der Waals surface area contributed by atoms with E-state index in [1.54, 1.807) is 30.3 Å². The summed E-state index contributed by atoms with van der Waals surface area (Å²) in [5.41, 5.74) is 1.23.